The first-order valence-corrected chi connectivity index (χ1v) is 13.8. The van der Waals surface area contributed by atoms with Crippen LogP contribution in [0.1, 0.15) is 121 Å². The van der Waals surface area contributed by atoms with Crippen LogP contribution in [0.15, 0.2) is 24.3 Å². The SMILES string of the molecule is CC(C)CC(=O)C1CCC(C(=O)NC(C)C)CC1.CC(C)CC(=O)c1cccc(C(=O)CC(C)C)c1. The van der Waals surface area contributed by atoms with Crippen LogP contribution in [0.4, 0.5) is 0 Å². The number of carbonyl (C=O) groups is 4. The van der Waals surface area contributed by atoms with Crippen molar-refractivity contribution in [2.45, 2.75) is 106 Å². The summed E-state index contributed by atoms with van der Waals surface area (Å²) in [5.41, 5.74) is 1.30. The van der Waals surface area contributed by atoms with Gasteiger partial charge in [0.25, 0.3) is 0 Å². The van der Waals surface area contributed by atoms with Crippen molar-refractivity contribution in [1.82, 2.24) is 5.32 Å². The molecule has 1 aromatic rings. The monoisotopic (exact) mass is 499 g/mol. The van der Waals surface area contributed by atoms with Gasteiger partial charge in [0.1, 0.15) is 5.78 Å². The molecule has 1 saturated carbocycles. The van der Waals surface area contributed by atoms with Crippen molar-refractivity contribution < 1.29 is 19.2 Å². The van der Waals surface area contributed by atoms with Gasteiger partial charge in [0, 0.05) is 48.3 Å². The van der Waals surface area contributed by atoms with Crippen LogP contribution in [-0.2, 0) is 9.59 Å². The molecule has 1 aliphatic carbocycles. The Balaban J connectivity index is 0.000000360. The lowest BCUT2D eigenvalue weighted by Crippen LogP contribution is -2.38. The summed E-state index contributed by atoms with van der Waals surface area (Å²) >= 11 is 0. The number of ketones is 3. The highest BCUT2D eigenvalue weighted by Gasteiger charge is 2.29. The summed E-state index contributed by atoms with van der Waals surface area (Å²) in [6.45, 7) is 16.2. The second kappa shape index (κ2) is 15.7. The molecular formula is C31H49NO4. The lowest BCUT2D eigenvalue weighted by Gasteiger charge is -2.27. The summed E-state index contributed by atoms with van der Waals surface area (Å²) < 4.78 is 0. The number of nitrogens with one attached hydrogen (secondary N) is 1. The molecule has 0 atom stereocenters. The van der Waals surface area contributed by atoms with Crippen molar-refractivity contribution in [3.05, 3.63) is 35.4 Å². The van der Waals surface area contributed by atoms with Crippen molar-refractivity contribution in [3.8, 4) is 0 Å². The van der Waals surface area contributed by atoms with Gasteiger partial charge in [-0.1, -0.05) is 59.7 Å². The molecule has 1 aliphatic rings. The van der Waals surface area contributed by atoms with E-state index in [4.69, 9.17) is 0 Å². The number of rotatable bonds is 11. The summed E-state index contributed by atoms with van der Waals surface area (Å²) in [4.78, 5) is 47.7. The molecule has 0 unspecified atom stereocenters. The summed E-state index contributed by atoms with van der Waals surface area (Å²) in [6, 6.07) is 7.31. The average molecular weight is 500 g/mol. The van der Waals surface area contributed by atoms with Crippen LogP contribution in [0, 0.1) is 29.6 Å². The maximum absolute atomic E-state index is 12.0. The maximum atomic E-state index is 12.0. The molecule has 0 saturated heterocycles. The third-order valence-corrected chi connectivity index (χ3v) is 6.29. The molecule has 2 rings (SSSR count). The number of benzene rings is 1. The minimum Gasteiger partial charge on any atom is -0.354 e. The molecule has 0 bridgehead atoms. The lowest BCUT2D eigenvalue weighted by atomic mass is 9.78. The van der Waals surface area contributed by atoms with Gasteiger partial charge in [-0.2, -0.15) is 0 Å². The molecule has 202 valence electrons. The third kappa shape index (κ3) is 12.1. The molecule has 1 aromatic carbocycles. The van der Waals surface area contributed by atoms with Gasteiger partial charge in [-0.3, -0.25) is 19.2 Å². The lowest BCUT2D eigenvalue weighted by molar-refractivity contribution is -0.130. The predicted molar refractivity (Wildman–Crippen MR) is 147 cm³/mol. The highest BCUT2D eigenvalue weighted by Crippen LogP contribution is 2.31. The van der Waals surface area contributed by atoms with Crippen molar-refractivity contribution >= 4 is 23.3 Å². The largest absolute Gasteiger partial charge is 0.354 e. The second-order valence-electron chi connectivity index (χ2n) is 11.9. The highest BCUT2D eigenvalue weighted by molar-refractivity contribution is 6.01. The second-order valence-corrected chi connectivity index (χ2v) is 11.9. The van der Waals surface area contributed by atoms with Gasteiger partial charge in [0.05, 0.1) is 0 Å². The van der Waals surface area contributed by atoms with E-state index < -0.39 is 0 Å². The van der Waals surface area contributed by atoms with Crippen LogP contribution < -0.4 is 5.32 Å². The Hall–Kier alpha value is -2.30. The van der Waals surface area contributed by atoms with E-state index >= 15 is 0 Å². The van der Waals surface area contributed by atoms with Gasteiger partial charge < -0.3 is 5.32 Å². The minimum absolute atomic E-state index is 0.115. The molecule has 5 heteroatoms. The van der Waals surface area contributed by atoms with Crippen molar-refractivity contribution in [1.29, 1.82) is 0 Å². The Kier molecular flexibility index (Phi) is 13.9. The van der Waals surface area contributed by atoms with E-state index in [-0.39, 0.29) is 35.4 Å². The minimum atomic E-state index is 0.115. The van der Waals surface area contributed by atoms with E-state index in [0.29, 0.717) is 53.9 Å². The zero-order valence-electron chi connectivity index (χ0n) is 23.9. The summed E-state index contributed by atoms with van der Waals surface area (Å²) in [5.74, 6) is 2.24. The van der Waals surface area contributed by atoms with Crippen LogP contribution in [-0.4, -0.2) is 29.3 Å². The molecule has 0 aliphatic heterocycles. The van der Waals surface area contributed by atoms with Gasteiger partial charge in [-0.25, -0.2) is 0 Å². The van der Waals surface area contributed by atoms with Crippen molar-refractivity contribution in [3.63, 3.8) is 0 Å². The van der Waals surface area contributed by atoms with Crippen molar-refractivity contribution in [2.75, 3.05) is 0 Å². The van der Waals surface area contributed by atoms with Crippen molar-refractivity contribution in [2.24, 2.45) is 29.6 Å². The summed E-state index contributed by atoms with van der Waals surface area (Å²) in [7, 11) is 0. The topological polar surface area (TPSA) is 80.3 Å². The van der Waals surface area contributed by atoms with E-state index in [2.05, 4.69) is 19.2 Å². The molecular weight excluding hydrogens is 450 g/mol. The van der Waals surface area contributed by atoms with Gasteiger partial charge in [0.2, 0.25) is 5.91 Å². The van der Waals surface area contributed by atoms with E-state index in [0.717, 1.165) is 25.7 Å². The number of carbonyl (C=O) groups excluding carboxylic acids is 4. The van der Waals surface area contributed by atoms with E-state index in [1.54, 1.807) is 24.3 Å². The molecule has 1 N–H and O–H groups in total. The first-order chi connectivity index (χ1) is 16.8. The average Bonchev–Trinajstić information content (AvgIpc) is 2.78. The van der Waals surface area contributed by atoms with E-state index in [1.165, 1.54) is 0 Å². The summed E-state index contributed by atoms with van der Waals surface area (Å²) in [6.07, 6.45) is 5.26. The third-order valence-electron chi connectivity index (χ3n) is 6.29. The number of Topliss-reactive ketones (excluding diaryl/α,β-unsaturated/α-hetero) is 3. The molecule has 1 fully saturated rings. The molecule has 0 spiro atoms. The quantitative estimate of drug-likeness (QED) is 0.330. The molecule has 36 heavy (non-hydrogen) atoms. The van der Waals surface area contributed by atoms with E-state index in [9.17, 15) is 19.2 Å². The Morgan fingerprint density at radius 2 is 1.11 bits per heavy atom. The number of amides is 1. The molecule has 0 aromatic heterocycles. The van der Waals surface area contributed by atoms with Gasteiger partial charge in [-0.15, -0.1) is 0 Å². The summed E-state index contributed by atoms with van der Waals surface area (Å²) in [5, 5.41) is 2.96. The highest BCUT2D eigenvalue weighted by atomic mass is 16.2. The van der Waals surface area contributed by atoms with Gasteiger partial charge >= 0.3 is 0 Å². The first kappa shape index (κ1) is 31.7. The van der Waals surface area contributed by atoms with Crippen LogP contribution in [0.3, 0.4) is 0 Å². The standard InChI is InChI=1S/C16H22O2.C15H27NO2/c1-11(2)8-15(17)13-6-5-7-14(10-13)16(18)9-12(3)4;1-10(2)9-14(17)12-5-7-13(8-6-12)15(18)16-11(3)4/h5-7,10-12H,8-9H2,1-4H3;10-13H,5-9H2,1-4H3,(H,16,18). The Labute approximate surface area is 219 Å². The van der Waals surface area contributed by atoms with Gasteiger partial charge in [-0.05, 0) is 63.4 Å². The Morgan fingerprint density at radius 3 is 1.50 bits per heavy atom. The molecule has 1 amide bonds. The normalized spacial score (nSPS) is 17.7. The zero-order chi connectivity index (χ0) is 27.4. The maximum Gasteiger partial charge on any atom is 0.223 e. The molecule has 0 radical (unpaired) electrons. The van der Waals surface area contributed by atoms with Gasteiger partial charge in [0.15, 0.2) is 11.6 Å². The fraction of sp³-hybridized carbons (Fsp3) is 0.677. The molecule has 0 heterocycles. The fourth-order valence-corrected chi connectivity index (χ4v) is 4.49. The Morgan fingerprint density at radius 1 is 0.694 bits per heavy atom. The van der Waals surface area contributed by atoms with Crippen LogP contribution in [0.2, 0.25) is 0 Å². The number of hydrogen-bond acceptors (Lipinski definition) is 4. The van der Waals surface area contributed by atoms with Crippen LogP contribution in [0.25, 0.3) is 0 Å². The Bertz CT molecular complexity index is 794. The van der Waals surface area contributed by atoms with Crippen LogP contribution >= 0.6 is 0 Å². The number of hydrogen-bond donors (Lipinski definition) is 1. The molecule has 5 nitrogen and oxygen atoms in total. The fourth-order valence-electron chi connectivity index (χ4n) is 4.49. The predicted octanol–water partition coefficient (Wildman–Crippen LogP) is 7.08. The van der Waals surface area contributed by atoms with Crippen LogP contribution in [0.5, 0.6) is 0 Å². The first-order valence-electron chi connectivity index (χ1n) is 13.8. The smallest absolute Gasteiger partial charge is 0.223 e. The van der Waals surface area contributed by atoms with E-state index in [1.807, 2.05) is 41.5 Å². The zero-order valence-corrected chi connectivity index (χ0v) is 23.9.